The van der Waals surface area contributed by atoms with Gasteiger partial charge >= 0.3 is 5.97 Å². The first-order chi connectivity index (χ1) is 9.06. The van der Waals surface area contributed by atoms with Crippen LogP contribution in [-0.4, -0.2) is 26.1 Å². The summed E-state index contributed by atoms with van der Waals surface area (Å²) in [4.78, 5) is 23.2. The highest BCUT2D eigenvalue weighted by Gasteiger charge is 2.30. The van der Waals surface area contributed by atoms with Gasteiger partial charge in [0.05, 0.1) is 24.9 Å². The Bertz CT molecular complexity index is 526. The van der Waals surface area contributed by atoms with Gasteiger partial charge < -0.3 is 14.8 Å². The average Bonchev–Trinajstić information content (AvgIpc) is 3.24. The molecule has 1 aromatic rings. The van der Waals surface area contributed by atoms with Crippen molar-refractivity contribution in [1.29, 1.82) is 0 Å². The molecule has 0 saturated heterocycles. The fourth-order valence-corrected chi connectivity index (χ4v) is 1.88. The van der Waals surface area contributed by atoms with Gasteiger partial charge in [0.25, 0.3) is 0 Å². The van der Waals surface area contributed by atoms with Gasteiger partial charge in [0.15, 0.2) is 0 Å². The summed E-state index contributed by atoms with van der Waals surface area (Å²) in [6.07, 6.45) is 1.81. The van der Waals surface area contributed by atoms with Gasteiger partial charge in [-0.1, -0.05) is 11.6 Å². The molecule has 6 heteroatoms. The van der Waals surface area contributed by atoms with E-state index in [1.807, 2.05) is 0 Å². The van der Waals surface area contributed by atoms with E-state index in [2.05, 4.69) is 10.1 Å². The summed E-state index contributed by atoms with van der Waals surface area (Å²) in [5, 5.41) is 3.00. The lowest BCUT2D eigenvalue weighted by atomic mass is 10.1. The minimum Gasteiger partial charge on any atom is -0.496 e. The Morgan fingerprint density at radius 1 is 1.32 bits per heavy atom. The minimum absolute atomic E-state index is 0.0604. The summed E-state index contributed by atoms with van der Waals surface area (Å²) >= 11 is 6.05. The number of hydrogen-bond donors (Lipinski definition) is 1. The van der Waals surface area contributed by atoms with E-state index >= 15 is 0 Å². The minimum atomic E-state index is -0.543. The number of rotatable bonds is 4. The molecule has 1 aliphatic carbocycles. The monoisotopic (exact) mass is 283 g/mol. The fraction of sp³-hybridized carbons (Fsp3) is 0.385. The molecule has 0 radical (unpaired) electrons. The molecule has 2 rings (SSSR count). The molecule has 0 unspecified atom stereocenters. The predicted molar refractivity (Wildman–Crippen MR) is 70.7 cm³/mol. The Morgan fingerprint density at radius 2 is 2.00 bits per heavy atom. The average molecular weight is 284 g/mol. The topological polar surface area (TPSA) is 64.6 Å². The summed E-state index contributed by atoms with van der Waals surface area (Å²) in [6, 6.07) is 2.95. The standard InChI is InChI=1S/C13H14ClNO4/c1-18-11-6-10(15-12(16)7-3-4-7)9(14)5-8(11)13(17)19-2/h5-7H,3-4H2,1-2H3,(H,15,16). The number of esters is 1. The van der Waals surface area contributed by atoms with Gasteiger partial charge in [-0.3, -0.25) is 4.79 Å². The number of ether oxygens (including phenoxy) is 2. The number of hydrogen-bond acceptors (Lipinski definition) is 4. The van der Waals surface area contributed by atoms with Crippen LogP contribution < -0.4 is 10.1 Å². The third-order valence-electron chi connectivity index (χ3n) is 2.90. The quantitative estimate of drug-likeness (QED) is 0.862. The number of anilines is 1. The molecule has 0 bridgehead atoms. The number of carbonyl (C=O) groups excluding carboxylic acids is 2. The Kier molecular flexibility index (Phi) is 3.95. The smallest absolute Gasteiger partial charge is 0.341 e. The van der Waals surface area contributed by atoms with Crippen molar-refractivity contribution in [2.45, 2.75) is 12.8 Å². The molecule has 0 heterocycles. The SMILES string of the molecule is COC(=O)c1cc(Cl)c(NC(=O)C2CC2)cc1OC. The number of amides is 1. The molecule has 5 nitrogen and oxygen atoms in total. The molecule has 1 N–H and O–H groups in total. The first-order valence-electron chi connectivity index (χ1n) is 5.83. The van der Waals surface area contributed by atoms with Gasteiger partial charge in [0.1, 0.15) is 11.3 Å². The van der Waals surface area contributed by atoms with Crippen LogP contribution in [0.4, 0.5) is 5.69 Å². The maximum absolute atomic E-state index is 11.7. The molecule has 1 amide bonds. The highest BCUT2D eigenvalue weighted by Crippen LogP contribution is 2.34. The molecule has 1 saturated carbocycles. The van der Waals surface area contributed by atoms with Crippen LogP contribution in [0.1, 0.15) is 23.2 Å². The van der Waals surface area contributed by atoms with Crippen LogP contribution in [0.3, 0.4) is 0 Å². The number of nitrogens with one attached hydrogen (secondary N) is 1. The molecule has 1 aromatic carbocycles. The zero-order chi connectivity index (χ0) is 14.0. The van der Waals surface area contributed by atoms with Crippen LogP contribution in [0.25, 0.3) is 0 Å². The van der Waals surface area contributed by atoms with E-state index < -0.39 is 5.97 Å². The van der Waals surface area contributed by atoms with Crippen LogP contribution in [-0.2, 0) is 9.53 Å². The van der Waals surface area contributed by atoms with Crippen LogP contribution in [0.15, 0.2) is 12.1 Å². The van der Waals surface area contributed by atoms with Gasteiger partial charge in [-0.25, -0.2) is 4.79 Å². The molecular weight excluding hydrogens is 270 g/mol. The number of halogens is 1. The van der Waals surface area contributed by atoms with Crippen LogP contribution >= 0.6 is 11.6 Å². The molecule has 1 aliphatic rings. The maximum atomic E-state index is 11.7. The van der Waals surface area contributed by atoms with Crippen molar-refractivity contribution in [1.82, 2.24) is 0 Å². The molecule has 0 atom stereocenters. The predicted octanol–water partition coefficient (Wildman–Crippen LogP) is 2.48. The van der Waals surface area contributed by atoms with Crippen molar-refractivity contribution in [3.63, 3.8) is 0 Å². The van der Waals surface area contributed by atoms with Crippen molar-refractivity contribution in [2.75, 3.05) is 19.5 Å². The normalized spacial score (nSPS) is 13.8. The van der Waals surface area contributed by atoms with Crippen LogP contribution in [0.2, 0.25) is 5.02 Å². The summed E-state index contributed by atoms with van der Waals surface area (Å²) in [5.41, 5.74) is 0.655. The molecular formula is C13H14ClNO4. The molecule has 1 fully saturated rings. The Labute approximate surface area is 115 Å². The van der Waals surface area contributed by atoms with E-state index in [1.54, 1.807) is 0 Å². The Morgan fingerprint density at radius 3 is 2.53 bits per heavy atom. The molecule has 0 spiro atoms. The summed E-state index contributed by atoms with van der Waals surface area (Å²) in [7, 11) is 2.71. The first-order valence-corrected chi connectivity index (χ1v) is 6.21. The molecule has 0 aliphatic heterocycles. The molecule has 102 valence electrons. The molecule has 19 heavy (non-hydrogen) atoms. The summed E-state index contributed by atoms with van der Waals surface area (Å²) in [5.74, 6) is -0.224. The Balaban J connectivity index is 2.29. The van der Waals surface area contributed by atoms with Gasteiger partial charge in [-0.15, -0.1) is 0 Å². The van der Waals surface area contributed by atoms with Crippen molar-refractivity contribution in [3.8, 4) is 5.75 Å². The third kappa shape index (κ3) is 2.98. The van der Waals surface area contributed by atoms with Crippen molar-refractivity contribution in [2.24, 2.45) is 5.92 Å². The van der Waals surface area contributed by atoms with E-state index in [1.165, 1.54) is 26.4 Å². The number of carbonyl (C=O) groups is 2. The lowest BCUT2D eigenvalue weighted by Crippen LogP contribution is -2.14. The van der Waals surface area contributed by atoms with E-state index in [4.69, 9.17) is 16.3 Å². The Hall–Kier alpha value is -1.75. The van der Waals surface area contributed by atoms with Gasteiger partial charge in [0.2, 0.25) is 5.91 Å². The highest BCUT2D eigenvalue weighted by molar-refractivity contribution is 6.34. The summed E-state index contributed by atoms with van der Waals surface area (Å²) < 4.78 is 9.75. The second kappa shape index (κ2) is 5.48. The second-order valence-electron chi connectivity index (χ2n) is 4.29. The largest absolute Gasteiger partial charge is 0.496 e. The zero-order valence-corrected chi connectivity index (χ0v) is 11.4. The first kappa shape index (κ1) is 13.7. The van der Waals surface area contributed by atoms with Gasteiger partial charge in [0, 0.05) is 12.0 Å². The number of methoxy groups -OCH3 is 2. The third-order valence-corrected chi connectivity index (χ3v) is 3.21. The van der Waals surface area contributed by atoms with Crippen molar-refractivity contribution >= 4 is 29.2 Å². The van der Waals surface area contributed by atoms with Gasteiger partial charge in [-0.05, 0) is 18.9 Å². The maximum Gasteiger partial charge on any atom is 0.341 e. The van der Waals surface area contributed by atoms with E-state index in [9.17, 15) is 9.59 Å². The summed E-state index contributed by atoms with van der Waals surface area (Å²) in [6.45, 7) is 0. The molecule has 0 aromatic heterocycles. The lowest BCUT2D eigenvalue weighted by Gasteiger charge is -2.12. The van der Waals surface area contributed by atoms with Crippen LogP contribution in [0, 0.1) is 5.92 Å². The van der Waals surface area contributed by atoms with Gasteiger partial charge in [-0.2, -0.15) is 0 Å². The number of benzene rings is 1. The zero-order valence-electron chi connectivity index (χ0n) is 10.7. The van der Waals surface area contributed by atoms with E-state index in [0.717, 1.165) is 12.8 Å². The second-order valence-corrected chi connectivity index (χ2v) is 4.69. The lowest BCUT2D eigenvalue weighted by molar-refractivity contribution is -0.117. The van der Waals surface area contributed by atoms with Crippen LogP contribution in [0.5, 0.6) is 5.75 Å². The van der Waals surface area contributed by atoms with E-state index in [0.29, 0.717) is 11.4 Å². The van der Waals surface area contributed by atoms with Crippen molar-refractivity contribution < 1.29 is 19.1 Å². The fourth-order valence-electron chi connectivity index (χ4n) is 1.67. The van der Waals surface area contributed by atoms with Crippen molar-refractivity contribution in [3.05, 3.63) is 22.7 Å². The van der Waals surface area contributed by atoms with E-state index in [-0.39, 0.29) is 22.4 Å². The highest BCUT2D eigenvalue weighted by atomic mass is 35.5.